The summed E-state index contributed by atoms with van der Waals surface area (Å²) in [5.41, 5.74) is 0.909. The zero-order valence-corrected chi connectivity index (χ0v) is 12.1. The third kappa shape index (κ3) is 3.73. The smallest absolute Gasteiger partial charge is 0.338 e. The third-order valence-corrected chi connectivity index (χ3v) is 3.58. The number of carbonyl (C=O) groups excluding carboxylic acids is 1. The second-order valence-electron chi connectivity index (χ2n) is 4.09. The standard InChI is InChI=1S/C14H14N2O4S/c1-20-11-5-3-2-4-9(11)8-15-14(19)16-12-10(13(17)18)6-7-21-12/h2-7H,8H2,1H3,(H,17,18)(H2,15,16,19). The van der Waals surface area contributed by atoms with Crippen LogP contribution in [0, 0.1) is 0 Å². The molecule has 0 bridgehead atoms. The van der Waals surface area contributed by atoms with E-state index in [4.69, 9.17) is 9.84 Å². The first-order chi connectivity index (χ1) is 10.1. The molecule has 6 nitrogen and oxygen atoms in total. The van der Waals surface area contributed by atoms with Crippen molar-refractivity contribution in [2.45, 2.75) is 6.54 Å². The summed E-state index contributed by atoms with van der Waals surface area (Å²) in [7, 11) is 1.56. The molecule has 2 rings (SSSR count). The van der Waals surface area contributed by atoms with Crippen molar-refractivity contribution in [1.29, 1.82) is 0 Å². The largest absolute Gasteiger partial charge is 0.496 e. The minimum atomic E-state index is -1.07. The Morgan fingerprint density at radius 3 is 2.76 bits per heavy atom. The molecule has 2 amide bonds. The highest BCUT2D eigenvalue weighted by Crippen LogP contribution is 2.23. The monoisotopic (exact) mass is 306 g/mol. The first kappa shape index (κ1) is 14.9. The molecule has 0 aliphatic rings. The lowest BCUT2D eigenvalue weighted by Gasteiger charge is -2.10. The zero-order valence-electron chi connectivity index (χ0n) is 11.3. The fraction of sp³-hybridized carbons (Fsp3) is 0.143. The maximum atomic E-state index is 11.8. The molecule has 1 aromatic heterocycles. The van der Waals surface area contributed by atoms with E-state index in [-0.39, 0.29) is 12.1 Å². The van der Waals surface area contributed by atoms with E-state index in [1.54, 1.807) is 18.6 Å². The molecule has 0 unspecified atom stereocenters. The second kappa shape index (κ2) is 6.76. The molecule has 0 atom stereocenters. The molecule has 0 aliphatic carbocycles. The van der Waals surface area contributed by atoms with Crippen LogP contribution in [0.5, 0.6) is 5.75 Å². The predicted octanol–water partition coefficient (Wildman–Crippen LogP) is 2.78. The number of benzene rings is 1. The average molecular weight is 306 g/mol. The van der Waals surface area contributed by atoms with Crippen LogP contribution in [0.4, 0.5) is 9.80 Å². The Balaban J connectivity index is 1.96. The van der Waals surface area contributed by atoms with Gasteiger partial charge in [0.25, 0.3) is 0 Å². The molecule has 0 radical (unpaired) electrons. The van der Waals surface area contributed by atoms with Gasteiger partial charge in [-0.3, -0.25) is 5.32 Å². The van der Waals surface area contributed by atoms with Gasteiger partial charge in [-0.2, -0.15) is 0 Å². The van der Waals surface area contributed by atoms with E-state index in [2.05, 4.69) is 10.6 Å². The highest BCUT2D eigenvalue weighted by molar-refractivity contribution is 7.14. The van der Waals surface area contributed by atoms with Crippen molar-refractivity contribution in [3.63, 3.8) is 0 Å². The summed E-state index contributed by atoms with van der Waals surface area (Å²) in [4.78, 5) is 22.8. The lowest BCUT2D eigenvalue weighted by molar-refractivity contribution is 0.0698. The van der Waals surface area contributed by atoms with Crippen molar-refractivity contribution < 1.29 is 19.4 Å². The number of carboxylic acid groups (broad SMARTS) is 1. The fourth-order valence-electron chi connectivity index (χ4n) is 1.75. The summed E-state index contributed by atoms with van der Waals surface area (Å²) in [6.07, 6.45) is 0. The number of para-hydroxylation sites is 1. The number of hydrogen-bond acceptors (Lipinski definition) is 4. The van der Waals surface area contributed by atoms with Gasteiger partial charge in [0, 0.05) is 12.1 Å². The van der Waals surface area contributed by atoms with Gasteiger partial charge >= 0.3 is 12.0 Å². The van der Waals surface area contributed by atoms with Crippen LogP contribution in [-0.4, -0.2) is 24.2 Å². The molecule has 0 saturated carbocycles. The molecule has 3 N–H and O–H groups in total. The van der Waals surface area contributed by atoms with Gasteiger partial charge in [0.1, 0.15) is 10.8 Å². The normalized spacial score (nSPS) is 9.95. The van der Waals surface area contributed by atoms with E-state index in [9.17, 15) is 9.59 Å². The van der Waals surface area contributed by atoms with Crippen LogP contribution in [0.25, 0.3) is 0 Å². The Labute approximate surface area is 125 Å². The molecular weight excluding hydrogens is 292 g/mol. The number of carboxylic acids is 1. The number of rotatable bonds is 5. The Kier molecular flexibility index (Phi) is 4.78. The van der Waals surface area contributed by atoms with Crippen LogP contribution in [0.15, 0.2) is 35.7 Å². The molecule has 110 valence electrons. The number of hydrogen-bond donors (Lipinski definition) is 3. The number of ether oxygens (including phenoxy) is 1. The number of anilines is 1. The molecule has 0 saturated heterocycles. The molecule has 1 aromatic carbocycles. The second-order valence-corrected chi connectivity index (χ2v) is 5.00. The minimum Gasteiger partial charge on any atom is -0.496 e. The fourth-order valence-corrected chi connectivity index (χ4v) is 2.52. The van der Waals surface area contributed by atoms with Gasteiger partial charge in [-0.1, -0.05) is 18.2 Å². The van der Waals surface area contributed by atoms with Gasteiger partial charge in [-0.05, 0) is 17.5 Å². The summed E-state index contributed by atoms with van der Waals surface area (Å²) in [6, 6.07) is 8.31. The number of aromatic carboxylic acids is 1. The Bertz CT molecular complexity index is 654. The lowest BCUT2D eigenvalue weighted by atomic mass is 10.2. The quantitative estimate of drug-likeness (QED) is 0.792. The van der Waals surface area contributed by atoms with E-state index in [0.29, 0.717) is 10.8 Å². The molecule has 7 heteroatoms. The van der Waals surface area contributed by atoms with Crippen molar-refractivity contribution in [3.8, 4) is 5.75 Å². The number of urea groups is 1. The zero-order chi connectivity index (χ0) is 15.2. The van der Waals surface area contributed by atoms with E-state index >= 15 is 0 Å². The topological polar surface area (TPSA) is 87.7 Å². The number of methoxy groups -OCH3 is 1. The predicted molar refractivity (Wildman–Crippen MR) is 80.1 cm³/mol. The van der Waals surface area contributed by atoms with Gasteiger partial charge in [-0.15, -0.1) is 11.3 Å². The number of thiophene rings is 1. The van der Waals surface area contributed by atoms with Gasteiger partial charge in [0.2, 0.25) is 0 Å². The first-order valence-corrected chi connectivity index (χ1v) is 6.97. The van der Waals surface area contributed by atoms with Gasteiger partial charge in [-0.25, -0.2) is 9.59 Å². The summed E-state index contributed by atoms with van der Waals surface area (Å²) < 4.78 is 5.19. The summed E-state index contributed by atoms with van der Waals surface area (Å²) >= 11 is 1.16. The van der Waals surface area contributed by atoms with Crippen molar-refractivity contribution >= 4 is 28.3 Å². The van der Waals surface area contributed by atoms with Gasteiger partial charge in [0.15, 0.2) is 0 Å². The summed E-state index contributed by atoms with van der Waals surface area (Å²) in [5, 5.41) is 16.1. The molecule has 0 spiro atoms. The van der Waals surface area contributed by atoms with E-state index < -0.39 is 12.0 Å². The van der Waals surface area contributed by atoms with E-state index in [1.165, 1.54) is 6.07 Å². The van der Waals surface area contributed by atoms with Crippen LogP contribution < -0.4 is 15.4 Å². The van der Waals surface area contributed by atoms with Crippen molar-refractivity contribution in [3.05, 3.63) is 46.8 Å². The van der Waals surface area contributed by atoms with Gasteiger partial charge in [0.05, 0.1) is 12.7 Å². The molecule has 1 heterocycles. The third-order valence-electron chi connectivity index (χ3n) is 2.75. The Hall–Kier alpha value is -2.54. The van der Waals surface area contributed by atoms with Crippen LogP contribution in [0.3, 0.4) is 0 Å². The number of amides is 2. The SMILES string of the molecule is COc1ccccc1CNC(=O)Nc1sccc1C(=O)O. The van der Waals surface area contributed by atoms with E-state index in [0.717, 1.165) is 16.9 Å². The molecule has 2 aromatic rings. The van der Waals surface area contributed by atoms with Crippen LogP contribution in [0.2, 0.25) is 0 Å². The van der Waals surface area contributed by atoms with Crippen molar-refractivity contribution in [2.24, 2.45) is 0 Å². The number of nitrogens with one attached hydrogen (secondary N) is 2. The summed E-state index contributed by atoms with van der Waals surface area (Å²) in [6.45, 7) is 0.281. The van der Waals surface area contributed by atoms with Crippen molar-refractivity contribution in [1.82, 2.24) is 5.32 Å². The maximum absolute atomic E-state index is 11.8. The van der Waals surface area contributed by atoms with Crippen molar-refractivity contribution in [2.75, 3.05) is 12.4 Å². The molecular formula is C14H14N2O4S. The van der Waals surface area contributed by atoms with Crippen LogP contribution in [0.1, 0.15) is 15.9 Å². The summed E-state index contributed by atoms with van der Waals surface area (Å²) in [5.74, 6) is -0.392. The highest BCUT2D eigenvalue weighted by atomic mass is 32.1. The lowest BCUT2D eigenvalue weighted by Crippen LogP contribution is -2.28. The van der Waals surface area contributed by atoms with Gasteiger partial charge < -0.3 is 15.2 Å². The molecule has 0 fully saturated rings. The number of carbonyl (C=O) groups is 2. The average Bonchev–Trinajstić information content (AvgIpc) is 2.93. The van der Waals surface area contributed by atoms with Crippen LogP contribution >= 0.6 is 11.3 Å². The maximum Gasteiger partial charge on any atom is 0.338 e. The Morgan fingerprint density at radius 1 is 1.29 bits per heavy atom. The van der Waals surface area contributed by atoms with Crippen LogP contribution in [-0.2, 0) is 6.54 Å². The highest BCUT2D eigenvalue weighted by Gasteiger charge is 2.13. The van der Waals surface area contributed by atoms with E-state index in [1.807, 2.05) is 18.2 Å². The molecule has 0 aliphatic heterocycles. The first-order valence-electron chi connectivity index (χ1n) is 6.09. The molecule has 21 heavy (non-hydrogen) atoms. The Morgan fingerprint density at radius 2 is 2.05 bits per heavy atom. The minimum absolute atomic E-state index is 0.0763.